The number of Topliss-reactive ketones (excluding diaryl/α,β-unsaturated/α-hetero) is 1. The fourth-order valence-electron chi connectivity index (χ4n) is 2.37. The van der Waals surface area contributed by atoms with Gasteiger partial charge >= 0.3 is 17.0 Å². The summed E-state index contributed by atoms with van der Waals surface area (Å²) >= 11 is 6.40. The van der Waals surface area contributed by atoms with Crippen molar-refractivity contribution in [2.75, 3.05) is 38.1 Å². The lowest BCUT2D eigenvalue weighted by atomic mass is 10.4. The van der Waals surface area contributed by atoms with Gasteiger partial charge in [-0.1, -0.05) is 59.6 Å². The Morgan fingerprint density at radius 3 is 1.55 bits per heavy atom. The molecular weight excluding hydrogens is 868 g/mol. The van der Waals surface area contributed by atoms with Crippen LogP contribution >= 0.6 is 31.9 Å². The fourth-order valence-corrected chi connectivity index (χ4v) is 2.37. The zero-order chi connectivity index (χ0) is 43.6. The van der Waals surface area contributed by atoms with Crippen LogP contribution in [0, 0.1) is 13.8 Å². The van der Waals surface area contributed by atoms with E-state index in [0.717, 1.165) is 28.4 Å². The molecule has 21 nitrogen and oxygen atoms in total. The number of H-pyrrole nitrogens is 2. The van der Waals surface area contributed by atoms with Crippen LogP contribution in [0.4, 0.5) is 0 Å². The van der Waals surface area contributed by atoms with Gasteiger partial charge < -0.3 is 38.2 Å². The summed E-state index contributed by atoms with van der Waals surface area (Å²) in [5.74, 6) is 0.670. The third kappa shape index (κ3) is 28.8. The number of carbonyl (C=O) groups is 1. The Hall–Kier alpha value is -4.61. The van der Waals surface area contributed by atoms with Gasteiger partial charge in [-0.15, -0.1) is 25.5 Å². The second-order valence-electron chi connectivity index (χ2n) is 10.3. The number of carbonyl (C=O) groups excluding carboxylic acids is 1. The van der Waals surface area contributed by atoms with Crippen molar-refractivity contribution < 1.29 is 33.2 Å². The normalized spacial score (nSPS) is 11.6. The molecule has 0 saturated carbocycles. The van der Waals surface area contributed by atoms with Crippen LogP contribution < -0.4 is 30.1 Å². The molecule has 0 atom stereocenters. The number of rotatable bonds is 3. The standard InChI is InChI=1S/C6H7N3O2.C5H5N3O2.C5H7N3.C5H12O2.C3H3N3O2.C3H6O.C2H4Br2.2C2H6/c1-6(2)10-4-5(11-6)9-8-3-7-4;1-2-10-5-4(9-1)6-3-7-8-5;1-4-5(2)8-7-3-6-4;1-5(2,6-3)7-4;7-2-3(8)6-5-1-4-2;1-3(2)4;3-1-2-4;2*1-2/h3H,1-2H3;3H,1-2H2;3H,1-2H3;1-4H3;1H,(H,6,8)(H,4,5,7);1-2H3;1-2H2;2*1-2H3. The summed E-state index contributed by atoms with van der Waals surface area (Å²) in [5.41, 5.74) is 0.431. The quantitative estimate of drug-likeness (QED) is 0.164. The van der Waals surface area contributed by atoms with Gasteiger partial charge in [-0.25, -0.2) is 10.1 Å². The number of halogens is 2. The molecule has 4 aromatic rings. The summed E-state index contributed by atoms with van der Waals surface area (Å²) in [6.07, 6.45) is 5.21. The number of fused-ring (bicyclic) bond motifs is 2. The molecule has 0 bridgehead atoms. The topological polar surface area (TPSA) is 267 Å². The zero-order valence-corrected chi connectivity index (χ0v) is 37.7. The number of ether oxygens (including phenoxy) is 6. The third-order valence-corrected chi connectivity index (χ3v) is 6.94. The molecular formula is C33H56Br2N12O9. The lowest BCUT2D eigenvalue weighted by Gasteiger charge is -2.19. The molecule has 0 unspecified atom stereocenters. The number of hydrogen-bond donors (Lipinski definition) is 2. The molecule has 0 spiro atoms. The lowest BCUT2D eigenvalue weighted by Crippen LogP contribution is -2.30. The molecule has 56 heavy (non-hydrogen) atoms. The number of nitrogens with zero attached hydrogens (tertiary/aromatic N) is 10. The number of methoxy groups -OCH3 is 2. The summed E-state index contributed by atoms with van der Waals surface area (Å²) in [6, 6.07) is 0. The van der Waals surface area contributed by atoms with E-state index in [-0.39, 0.29) is 5.78 Å². The predicted octanol–water partition coefficient (Wildman–Crippen LogP) is 4.41. The number of aryl methyl sites for hydroxylation is 2. The van der Waals surface area contributed by atoms with Gasteiger partial charge in [-0.2, -0.15) is 20.2 Å². The highest BCUT2D eigenvalue weighted by Crippen LogP contribution is 2.33. The number of aromatic nitrogens is 12. The van der Waals surface area contributed by atoms with E-state index in [9.17, 15) is 14.4 Å². The molecule has 316 valence electrons. The summed E-state index contributed by atoms with van der Waals surface area (Å²) in [7, 11) is 3.23. The monoisotopic (exact) mass is 922 g/mol. The van der Waals surface area contributed by atoms with E-state index in [1.807, 2.05) is 60.5 Å². The second kappa shape index (κ2) is 33.7. The Balaban J connectivity index is -0.000000590. The minimum Gasteiger partial charge on any atom is -0.470 e. The van der Waals surface area contributed by atoms with E-state index in [1.54, 1.807) is 28.1 Å². The van der Waals surface area contributed by atoms with Crippen LogP contribution in [-0.2, 0) is 14.3 Å². The fraction of sp³-hybridized carbons (Fsp3) is 0.606. The Morgan fingerprint density at radius 1 is 0.750 bits per heavy atom. The van der Waals surface area contributed by atoms with E-state index >= 15 is 0 Å². The van der Waals surface area contributed by atoms with Crippen molar-refractivity contribution in [3.8, 4) is 23.5 Å². The van der Waals surface area contributed by atoms with Crippen LogP contribution in [0.15, 0.2) is 34.9 Å². The van der Waals surface area contributed by atoms with Crippen LogP contribution in [0.25, 0.3) is 0 Å². The van der Waals surface area contributed by atoms with E-state index in [0.29, 0.717) is 36.7 Å². The molecule has 0 saturated heterocycles. The molecule has 2 aliphatic rings. The number of alkyl halides is 2. The zero-order valence-electron chi connectivity index (χ0n) is 34.5. The summed E-state index contributed by atoms with van der Waals surface area (Å²) in [5, 5.41) is 29.1. The summed E-state index contributed by atoms with van der Waals surface area (Å²) in [6.45, 7) is 23.2. The maximum Gasteiger partial charge on any atom is 0.329 e. The maximum atomic E-state index is 10.2. The smallest absolute Gasteiger partial charge is 0.329 e. The number of nitrogens with one attached hydrogen (secondary N) is 2. The predicted molar refractivity (Wildman–Crippen MR) is 215 cm³/mol. The first-order chi connectivity index (χ1) is 26.5. The first kappa shape index (κ1) is 55.7. The molecule has 4 aromatic heterocycles. The Morgan fingerprint density at radius 2 is 1.20 bits per heavy atom. The molecule has 0 aliphatic carbocycles. The minimum atomic E-state index is -0.729. The van der Waals surface area contributed by atoms with Crippen molar-refractivity contribution in [3.05, 3.63) is 57.4 Å². The van der Waals surface area contributed by atoms with Crippen LogP contribution in [0.2, 0.25) is 0 Å². The Kier molecular flexibility index (Phi) is 33.5. The van der Waals surface area contributed by atoms with Crippen molar-refractivity contribution in [2.45, 2.75) is 94.7 Å². The van der Waals surface area contributed by atoms with E-state index in [2.05, 4.69) is 87.5 Å². The van der Waals surface area contributed by atoms with E-state index in [1.165, 1.54) is 32.8 Å². The number of hydrogen-bond acceptors (Lipinski definition) is 19. The van der Waals surface area contributed by atoms with Crippen LogP contribution in [0.5, 0.6) is 23.5 Å². The van der Waals surface area contributed by atoms with Gasteiger partial charge in [0.1, 0.15) is 44.3 Å². The highest BCUT2D eigenvalue weighted by molar-refractivity contribution is 9.11. The maximum absolute atomic E-state index is 10.2. The van der Waals surface area contributed by atoms with Gasteiger partial charge in [-0.05, 0) is 41.5 Å². The van der Waals surface area contributed by atoms with Gasteiger partial charge in [-0.3, -0.25) is 9.59 Å². The lowest BCUT2D eigenvalue weighted by molar-refractivity contribution is -0.178. The van der Waals surface area contributed by atoms with Crippen molar-refractivity contribution in [2.24, 2.45) is 0 Å². The van der Waals surface area contributed by atoms with E-state index in [4.69, 9.17) is 28.4 Å². The average molecular weight is 925 g/mol. The van der Waals surface area contributed by atoms with Gasteiger partial charge in [0.2, 0.25) is 5.79 Å². The minimum absolute atomic E-state index is 0.167. The SMILES string of the molecule is BrCCBr.CC.CC.CC(C)=O.CC1(C)Oc2ncnnc2O1.COC(C)(C)OC.Cc1ncnnc1C.O=c1[nH]cn[nH]c1=O.c1nnc2c(n1)OCCO2. The van der Waals surface area contributed by atoms with Crippen molar-refractivity contribution in [1.29, 1.82) is 0 Å². The first-order valence-corrected chi connectivity index (χ1v) is 19.2. The molecule has 6 rings (SSSR count). The van der Waals surface area contributed by atoms with Crippen LogP contribution in [-0.4, -0.2) is 116 Å². The highest BCUT2D eigenvalue weighted by atomic mass is 79.9. The molecule has 2 aliphatic heterocycles. The molecule has 0 radical (unpaired) electrons. The van der Waals surface area contributed by atoms with Crippen LogP contribution in [0.1, 0.15) is 80.6 Å². The number of ketones is 1. The largest absolute Gasteiger partial charge is 0.470 e. The Bertz CT molecular complexity index is 1590. The highest BCUT2D eigenvalue weighted by Gasteiger charge is 2.34. The van der Waals surface area contributed by atoms with Crippen molar-refractivity contribution >= 4 is 37.6 Å². The summed E-state index contributed by atoms with van der Waals surface area (Å²) < 4.78 is 30.4. The van der Waals surface area contributed by atoms with Crippen LogP contribution in [0.3, 0.4) is 0 Å². The average Bonchev–Trinajstić information content (AvgIpc) is 3.53. The van der Waals surface area contributed by atoms with Crippen molar-refractivity contribution in [3.63, 3.8) is 0 Å². The molecule has 2 N–H and O–H groups in total. The van der Waals surface area contributed by atoms with Gasteiger partial charge in [0.05, 0.1) is 11.4 Å². The molecule has 6 heterocycles. The second-order valence-corrected chi connectivity index (χ2v) is 11.9. The molecule has 0 aromatic carbocycles. The summed E-state index contributed by atoms with van der Waals surface area (Å²) in [4.78, 5) is 43.4. The third-order valence-electron chi connectivity index (χ3n) is 5.08. The number of aromatic amines is 2. The molecule has 0 fully saturated rings. The van der Waals surface area contributed by atoms with Gasteiger partial charge in [0.25, 0.3) is 17.6 Å². The van der Waals surface area contributed by atoms with E-state index < -0.39 is 22.7 Å². The van der Waals surface area contributed by atoms with Gasteiger partial charge in [0, 0.05) is 38.7 Å². The molecule has 0 amide bonds. The first-order valence-electron chi connectivity index (χ1n) is 16.9. The van der Waals surface area contributed by atoms with Gasteiger partial charge in [0.15, 0.2) is 5.79 Å². The molecule has 23 heteroatoms. The van der Waals surface area contributed by atoms with Crippen molar-refractivity contribution in [1.82, 2.24) is 60.7 Å². The Labute approximate surface area is 344 Å².